The molecule has 2 unspecified atom stereocenters. The first kappa shape index (κ1) is 24.0. The summed E-state index contributed by atoms with van der Waals surface area (Å²) >= 11 is 0. The average molecular weight is 437 g/mol. The molecule has 1 aliphatic rings. The molecule has 2 atom stereocenters. The van der Waals surface area contributed by atoms with Crippen molar-refractivity contribution in [2.45, 2.75) is 66.2 Å². The molecular weight excluding hydrogens is 400 g/mol. The highest BCUT2D eigenvalue weighted by molar-refractivity contribution is 5.81. The van der Waals surface area contributed by atoms with E-state index in [1.165, 1.54) is 0 Å². The van der Waals surface area contributed by atoms with Gasteiger partial charge in [0, 0.05) is 5.41 Å². The zero-order valence-electron chi connectivity index (χ0n) is 20.1. The minimum absolute atomic E-state index is 0.290. The van der Waals surface area contributed by atoms with Crippen LogP contribution in [0.25, 0.3) is 0 Å². The number of aliphatic carboxylic acids is 2. The van der Waals surface area contributed by atoms with E-state index in [1.807, 2.05) is 90.1 Å². The van der Waals surface area contributed by atoms with Crippen LogP contribution in [-0.2, 0) is 21.4 Å². The number of rotatable bonds is 6. The number of fused-ring (bicyclic) bond motifs is 2. The fraction of sp³-hybridized carbons (Fsp3) is 0.500. The van der Waals surface area contributed by atoms with E-state index in [9.17, 15) is 19.8 Å². The number of carboxylic acid groups (broad SMARTS) is 2. The Morgan fingerprint density at radius 2 is 1.09 bits per heavy atom. The lowest BCUT2D eigenvalue weighted by molar-refractivity contribution is -0.152. The molecule has 2 aromatic rings. The fourth-order valence-electron chi connectivity index (χ4n) is 5.61. The Morgan fingerprint density at radius 3 is 1.41 bits per heavy atom. The molecule has 32 heavy (non-hydrogen) atoms. The highest BCUT2D eigenvalue weighted by atomic mass is 16.4. The number of benzene rings is 2. The van der Waals surface area contributed by atoms with Crippen molar-refractivity contribution in [3.8, 4) is 0 Å². The highest BCUT2D eigenvalue weighted by Gasteiger charge is 2.58. The topological polar surface area (TPSA) is 74.6 Å². The van der Waals surface area contributed by atoms with Crippen molar-refractivity contribution < 1.29 is 19.8 Å². The van der Waals surface area contributed by atoms with E-state index in [1.54, 1.807) is 0 Å². The van der Waals surface area contributed by atoms with E-state index in [2.05, 4.69) is 0 Å². The smallest absolute Gasteiger partial charge is 0.307 e. The van der Waals surface area contributed by atoms with E-state index in [0.29, 0.717) is 19.3 Å². The van der Waals surface area contributed by atoms with Gasteiger partial charge in [-0.15, -0.1) is 0 Å². The van der Waals surface area contributed by atoms with Gasteiger partial charge in [-0.1, -0.05) is 90.1 Å². The van der Waals surface area contributed by atoms with Crippen LogP contribution in [0, 0.1) is 22.7 Å². The number of hydrogen-bond acceptors (Lipinski definition) is 2. The van der Waals surface area contributed by atoms with E-state index in [4.69, 9.17) is 0 Å². The third kappa shape index (κ3) is 4.46. The van der Waals surface area contributed by atoms with Crippen LogP contribution in [-0.4, -0.2) is 22.2 Å². The second-order valence-corrected chi connectivity index (χ2v) is 11.7. The minimum Gasteiger partial charge on any atom is -0.481 e. The molecule has 1 aliphatic carbocycles. The van der Waals surface area contributed by atoms with E-state index >= 15 is 0 Å². The molecular formula is C28H36O4. The molecule has 0 amide bonds. The Kier molecular flexibility index (Phi) is 6.29. The van der Waals surface area contributed by atoms with Crippen LogP contribution in [0.1, 0.15) is 76.6 Å². The van der Waals surface area contributed by atoms with Crippen molar-refractivity contribution >= 4 is 11.9 Å². The Hall–Kier alpha value is -2.62. The van der Waals surface area contributed by atoms with E-state index in [-0.39, 0.29) is 10.8 Å². The lowest BCUT2D eigenvalue weighted by atomic mass is 9.51. The van der Waals surface area contributed by atoms with Crippen molar-refractivity contribution in [1.29, 1.82) is 0 Å². The van der Waals surface area contributed by atoms with Crippen molar-refractivity contribution in [3.63, 3.8) is 0 Å². The molecule has 4 nitrogen and oxygen atoms in total. The second-order valence-electron chi connectivity index (χ2n) is 11.7. The van der Waals surface area contributed by atoms with Gasteiger partial charge in [0.1, 0.15) is 0 Å². The maximum Gasteiger partial charge on any atom is 0.307 e. The van der Waals surface area contributed by atoms with Crippen LogP contribution in [0.4, 0.5) is 0 Å². The zero-order chi connectivity index (χ0) is 23.9. The summed E-state index contributed by atoms with van der Waals surface area (Å²) in [6.07, 6.45) is 1.43. The van der Waals surface area contributed by atoms with Crippen molar-refractivity contribution in [2.75, 3.05) is 0 Å². The van der Waals surface area contributed by atoms with Crippen LogP contribution in [0.5, 0.6) is 0 Å². The van der Waals surface area contributed by atoms with Crippen LogP contribution in [0.3, 0.4) is 0 Å². The second kappa shape index (κ2) is 8.38. The summed E-state index contributed by atoms with van der Waals surface area (Å²) in [6.45, 7) is 12.1. The predicted molar refractivity (Wildman–Crippen MR) is 127 cm³/mol. The largest absolute Gasteiger partial charge is 0.481 e. The molecule has 0 fully saturated rings. The summed E-state index contributed by atoms with van der Waals surface area (Å²) in [6, 6.07) is 15.7. The molecule has 0 saturated heterocycles. The van der Waals surface area contributed by atoms with Crippen LogP contribution in [0.2, 0.25) is 0 Å². The quantitative estimate of drug-likeness (QED) is 0.569. The van der Waals surface area contributed by atoms with Crippen LogP contribution >= 0.6 is 0 Å². The van der Waals surface area contributed by atoms with Gasteiger partial charge in [-0.25, -0.2) is 0 Å². The Bertz CT molecular complexity index is 925. The van der Waals surface area contributed by atoms with E-state index < -0.39 is 29.2 Å². The number of carboxylic acids is 2. The van der Waals surface area contributed by atoms with Gasteiger partial charge in [-0.2, -0.15) is 0 Å². The normalized spacial score (nSPS) is 17.1. The summed E-state index contributed by atoms with van der Waals surface area (Å²) < 4.78 is 0. The molecule has 0 saturated carbocycles. The Labute approximate surface area is 191 Å². The van der Waals surface area contributed by atoms with Gasteiger partial charge >= 0.3 is 11.9 Å². The van der Waals surface area contributed by atoms with Gasteiger partial charge < -0.3 is 10.2 Å². The predicted octanol–water partition coefficient (Wildman–Crippen LogP) is 6.15. The summed E-state index contributed by atoms with van der Waals surface area (Å²) in [5.74, 6) is -3.64. The third-order valence-corrected chi connectivity index (χ3v) is 6.64. The van der Waals surface area contributed by atoms with Gasteiger partial charge in [0.15, 0.2) is 0 Å². The SMILES string of the molecule is CC(C)(C)CC(C(=O)O)C1(C(CC(C)(C)C)C(=O)O)c2ccccc2Cc2ccccc21. The summed E-state index contributed by atoms with van der Waals surface area (Å²) in [7, 11) is 0. The summed E-state index contributed by atoms with van der Waals surface area (Å²) in [4.78, 5) is 26.0. The van der Waals surface area contributed by atoms with Crippen LogP contribution in [0.15, 0.2) is 48.5 Å². The summed E-state index contributed by atoms with van der Waals surface area (Å²) in [5, 5.41) is 21.3. The fourth-order valence-corrected chi connectivity index (χ4v) is 5.61. The highest BCUT2D eigenvalue weighted by Crippen LogP contribution is 2.56. The monoisotopic (exact) mass is 436 g/mol. The average Bonchev–Trinajstić information content (AvgIpc) is 2.67. The van der Waals surface area contributed by atoms with Gasteiger partial charge in [0.05, 0.1) is 11.8 Å². The van der Waals surface area contributed by atoms with Gasteiger partial charge in [-0.05, 0) is 52.3 Å². The molecule has 0 spiro atoms. The van der Waals surface area contributed by atoms with Crippen LogP contribution < -0.4 is 0 Å². The molecule has 0 heterocycles. The van der Waals surface area contributed by atoms with Crippen molar-refractivity contribution in [2.24, 2.45) is 22.7 Å². The Morgan fingerprint density at radius 1 is 0.750 bits per heavy atom. The first-order valence-corrected chi connectivity index (χ1v) is 11.4. The lowest BCUT2D eigenvalue weighted by Crippen LogP contribution is -2.53. The van der Waals surface area contributed by atoms with Gasteiger partial charge in [0.2, 0.25) is 0 Å². The first-order chi connectivity index (χ1) is 14.8. The standard InChI is InChI=1S/C28H36O4/c1-26(2,3)16-22(24(29)30)28(23(25(31)32)17-27(4,5)6)20-13-9-7-11-18(20)15-19-12-8-10-14-21(19)28/h7-14,22-23H,15-17H2,1-6H3,(H,29,30)(H,31,32). The third-order valence-electron chi connectivity index (χ3n) is 6.64. The summed E-state index contributed by atoms with van der Waals surface area (Å²) in [5.41, 5.74) is 2.01. The first-order valence-electron chi connectivity index (χ1n) is 11.4. The molecule has 0 aliphatic heterocycles. The maximum absolute atomic E-state index is 13.0. The number of hydrogen-bond donors (Lipinski definition) is 2. The van der Waals surface area contributed by atoms with Crippen molar-refractivity contribution in [1.82, 2.24) is 0 Å². The molecule has 4 heteroatoms. The number of carbonyl (C=O) groups is 2. The molecule has 2 aromatic carbocycles. The Balaban J connectivity index is 2.48. The zero-order valence-corrected chi connectivity index (χ0v) is 20.1. The molecule has 3 rings (SSSR count). The molecule has 0 aromatic heterocycles. The minimum atomic E-state index is -1.16. The lowest BCUT2D eigenvalue weighted by Gasteiger charge is -2.50. The van der Waals surface area contributed by atoms with Gasteiger partial charge in [0.25, 0.3) is 0 Å². The maximum atomic E-state index is 13.0. The van der Waals surface area contributed by atoms with Crippen molar-refractivity contribution in [3.05, 3.63) is 70.8 Å². The molecule has 0 bridgehead atoms. The molecule has 0 radical (unpaired) electrons. The molecule has 172 valence electrons. The van der Waals surface area contributed by atoms with Gasteiger partial charge in [-0.3, -0.25) is 9.59 Å². The van der Waals surface area contributed by atoms with E-state index in [0.717, 1.165) is 22.3 Å². The molecule has 2 N–H and O–H groups in total.